The maximum atomic E-state index is 5.95. The smallest absolute Gasteiger partial charge is 0.125 e. The first kappa shape index (κ1) is 19.1. The average Bonchev–Trinajstić information content (AvgIpc) is 3.54. The number of allylic oxidation sites excluding steroid dienone is 1. The summed E-state index contributed by atoms with van der Waals surface area (Å²) >= 11 is 0. The van der Waals surface area contributed by atoms with E-state index < -0.39 is 0 Å². The first-order valence-electron chi connectivity index (χ1n) is 10.00. The molecule has 1 aliphatic carbocycles. The summed E-state index contributed by atoms with van der Waals surface area (Å²) in [6.45, 7) is 5.85. The van der Waals surface area contributed by atoms with Crippen LogP contribution in [0.2, 0.25) is 0 Å². The molecule has 1 saturated carbocycles. The van der Waals surface area contributed by atoms with E-state index in [0.717, 1.165) is 60.7 Å². The third-order valence-electron chi connectivity index (χ3n) is 4.39. The molecule has 0 heterocycles. The van der Waals surface area contributed by atoms with Gasteiger partial charge in [0, 0.05) is 16.7 Å². The van der Waals surface area contributed by atoms with Gasteiger partial charge in [0.1, 0.15) is 11.5 Å². The molecule has 0 aliphatic heterocycles. The third-order valence-corrected chi connectivity index (χ3v) is 4.39. The highest BCUT2D eigenvalue weighted by Gasteiger charge is 2.20. The summed E-state index contributed by atoms with van der Waals surface area (Å²) in [6.07, 6.45) is 5.59. The summed E-state index contributed by atoms with van der Waals surface area (Å²) in [7, 11) is 0. The molecule has 2 aromatic carbocycles. The van der Waals surface area contributed by atoms with E-state index in [4.69, 9.17) is 9.47 Å². The number of hydrogen-bond acceptors (Lipinski definition) is 2. The van der Waals surface area contributed by atoms with Crippen LogP contribution in [0.15, 0.2) is 54.1 Å². The average molecular weight is 360 g/mol. The van der Waals surface area contributed by atoms with E-state index in [9.17, 15) is 0 Å². The maximum absolute atomic E-state index is 5.95. The summed E-state index contributed by atoms with van der Waals surface area (Å²) < 4.78 is 11.6. The molecule has 0 radical (unpaired) electrons. The van der Waals surface area contributed by atoms with Crippen molar-refractivity contribution >= 4 is 5.76 Å². The minimum absolute atomic E-state index is 0.772. The molecule has 0 unspecified atom stereocenters. The van der Waals surface area contributed by atoms with E-state index >= 15 is 0 Å². The van der Waals surface area contributed by atoms with Crippen LogP contribution >= 0.6 is 0 Å². The van der Waals surface area contributed by atoms with Gasteiger partial charge in [-0.1, -0.05) is 44.2 Å². The molecule has 0 aromatic heterocycles. The number of unbranched alkanes of at least 4 members (excludes halogenated alkanes) is 1. The quantitative estimate of drug-likeness (QED) is 0.317. The summed E-state index contributed by atoms with van der Waals surface area (Å²) in [5.41, 5.74) is 4.60. The van der Waals surface area contributed by atoms with Gasteiger partial charge in [0.2, 0.25) is 0 Å². The Morgan fingerprint density at radius 3 is 2.00 bits per heavy atom. The standard InChI is InChI=1S/C25H28O2/c1-3-5-19-26-24-16-10-21(11-17-24)7-6-20-8-12-22(13-9-20)25(23-14-15-23)27-18-4-2/h8-13,16-17H,3-5,14-15,18-19H2,1-2H3. The molecule has 3 rings (SSSR count). The number of rotatable bonds is 8. The largest absolute Gasteiger partial charge is 0.494 e. The van der Waals surface area contributed by atoms with Crippen LogP contribution in [0.3, 0.4) is 0 Å². The van der Waals surface area contributed by atoms with Crippen molar-refractivity contribution in [3.05, 3.63) is 70.8 Å². The SMILES string of the molecule is CCCCOc1ccc(C#Cc2ccc(C(OCCC)=C3CC3)cc2)cc1. The molecule has 0 atom stereocenters. The Morgan fingerprint density at radius 2 is 1.44 bits per heavy atom. The van der Waals surface area contributed by atoms with Gasteiger partial charge in [-0.25, -0.2) is 0 Å². The fourth-order valence-electron chi connectivity index (χ4n) is 2.70. The van der Waals surface area contributed by atoms with Gasteiger partial charge >= 0.3 is 0 Å². The van der Waals surface area contributed by atoms with Gasteiger partial charge in [-0.3, -0.25) is 0 Å². The van der Waals surface area contributed by atoms with E-state index in [2.05, 4.69) is 50.0 Å². The Hall–Kier alpha value is -2.66. The third kappa shape index (κ3) is 5.93. The zero-order valence-corrected chi connectivity index (χ0v) is 16.4. The van der Waals surface area contributed by atoms with E-state index in [-0.39, 0.29) is 0 Å². The van der Waals surface area contributed by atoms with Crippen molar-refractivity contribution in [3.8, 4) is 17.6 Å². The van der Waals surface area contributed by atoms with E-state index in [0.29, 0.717) is 0 Å². The van der Waals surface area contributed by atoms with Crippen LogP contribution < -0.4 is 4.74 Å². The molecule has 0 bridgehead atoms. The zero-order chi connectivity index (χ0) is 18.9. The molecule has 27 heavy (non-hydrogen) atoms. The molecule has 2 nitrogen and oxygen atoms in total. The topological polar surface area (TPSA) is 18.5 Å². The molecule has 0 amide bonds. The fourth-order valence-corrected chi connectivity index (χ4v) is 2.70. The van der Waals surface area contributed by atoms with Gasteiger partial charge < -0.3 is 9.47 Å². The van der Waals surface area contributed by atoms with Crippen molar-refractivity contribution in [1.82, 2.24) is 0 Å². The molecular formula is C25H28O2. The number of hydrogen-bond donors (Lipinski definition) is 0. The molecule has 0 spiro atoms. The van der Waals surface area contributed by atoms with Crippen molar-refractivity contribution in [2.24, 2.45) is 0 Å². The van der Waals surface area contributed by atoms with Crippen molar-refractivity contribution in [1.29, 1.82) is 0 Å². The van der Waals surface area contributed by atoms with Crippen molar-refractivity contribution in [3.63, 3.8) is 0 Å². The van der Waals surface area contributed by atoms with Crippen LogP contribution in [0.25, 0.3) is 5.76 Å². The van der Waals surface area contributed by atoms with Gasteiger partial charge in [-0.2, -0.15) is 0 Å². The molecule has 140 valence electrons. The van der Waals surface area contributed by atoms with Crippen molar-refractivity contribution in [2.75, 3.05) is 13.2 Å². The van der Waals surface area contributed by atoms with Crippen LogP contribution in [0.5, 0.6) is 5.75 Å². The normalized spacial score (nSPS) is 12.1. The second-order valence-electron chi connectivity index (χ2n) is 6.83. The van der Waals surface area contributed by atoms with Crippen LogP contribution in [0, 0.1) is 11.8 Å². The maximum Gasteiger partial charge on any atom is 0.125 e. The highest BCUT2D eigenvalue weighted by Crippen LogP contribution is 2.37. The molecule has 2 heteroatoms. The highest BCUT2D eigenvalue weighted by atomic mass is 16.5. The zero-order valence-electron chi connectivity index (χ0n) is 16.4. The summed E-state index contributed by atoms with van der Waals surface area (Å²) in [4.78, 5) is 0. The lowest BCUT2D eigenvalue weighted by molar-refractivity contribution is 0.276. The molecule has 2 aromatic rings. The number of benzene rings is 2. The Bertz CT molecular complexity index is 811. The van der Waals surface area contributed by atoms with E-state index in [1.807, 2.05) is 24.3 Å². The molecule has 0 saturated heterocycles. The van der Waals surface area contributed by atoms with E-state index in [1.54, 1.807) is 0 Å². The lowest BCUT2D eigenvalue weighted by atomic mass is 10.1. The second kappa shape index (κ2) is 9.88. The minimum atomic E-state index is 0.772. The predicted molar refractivity (Wildman–Crippen MR) is 112 cm³/mol. The molecule has 0 N–H and O–H groups in total. The Morgan fingerprint density at radius 1 is 0.815 bits per heavy atom. The molecular weight excluding hydrogens is 332 g/mol. The fraction of sp³-hybridized carbons (Fsp3) is 0.360. The van der Waals surface area contributed by atoms with Crippen molar-refractivity contribution < 1.29 is 9.47 Å². The van der Waals surface area contributed by atoms with Crippen LogP contribution in [0.1, 0.15) is 62.6 Å². The van der Waals surface area contributed by atoms with Gasteiger partial charge in [0.15, 0.2) is 0 Å². The van der Waals surface area contributed by atoms with Crippen molar-refractivity contribution in [2.45, 2.75) is 46.0 Å². The molecule has 1 aliphatic rings. The summed E-state index contributed by atoms with van der Waals surface area (Å²) in [5.74, 6) is 8.45. The lowest BCUT2D eigenvalue weighted by Gasteiger charge is -2.09. The van der Waals surface area contributed by atoms with Crippen LogP contribution in [-0.2, 0) is 4.74 Å². The Balaban J connectivity index is 1.63. The van der Waals surface area contributed by atoms with Gasteiger partial charge in [0.05, 0.1) is 13.2 Å². The minimum Gasteiger partial charge on any atom is -0.494 e. The summed E-state index contributed by atoms with van der Waals surface area (Å²) in [5, 5.41) is 0. The predicted octanol–water partition coefficient (Wildman–Crippen LogP) is 6.20. The first-order chi connectivity index (χ1) is 13.3. The van der Waals surface area contributed by atoms with Gasteiger partial charge in [-0.05, 0) is 67.7 Å². The second-order valence-corrected chi connectivity index (χ2v) is 6.83. The Labute approximate surface area is 163 Å². The van der Waals surface area contributed by atoms with Crippen LogP contribution in [-0.4, -0.2) is 13.2 Å². The van der Waals surface area contributed by atoms with E-state index in [1.165, 1.54) is 18.4 Å². The van der Waals surface area contributed by atoms with Gasteiger partial charge in [-0.15, -0.1) is 0 Å². The monoisotopic (exact) mass is 360 g/mol. The highest BCUT2D eigenvalue weighted by molar-refractivity contribution is 5.67. The first-order valence-corrected chi connectivity index (χ1v) is 10.00. The molecule has 1 fully saturated rings. The van der Waals surface area contributed by atoms with Crippen LogP contribution in [0.4, 0.5) is 0 Å². The number of ether oxygens (including phenoxy) is 2. The Kier molecular flexibility index (Phi) is 6.99. The van der Waals surface area contributed by atoms with Gasteiger partial charge in [0.25, 0.3) is 0 Å². The lowest BCUT2D eigenvalue weighted by Crippen LogP contribution is -1.95. The summed E-state index contributed by atoms with van der Waals surface area (Å²) in [6, 6.07) is 16.4.